The lowest BCUT2D eigenvalue weighted by Crippen LogP contribution is -2.30. The van der Waals surface area contributed by atoms with Crippen molar-refractivity contribution >= 4 is 11.5 Å². The van der Waals surface area contributed by atoms with Crippen LogP contribution in [0.15, 0.2) is 0 Å². The summed E-state index contributed by atoms with van der Waals surface area (Å²) < 4.78 is 1.98. The molecule has 1 saturated carbocycles. The van der Waals surface area contributed by atoms with Crippen LogP contribution in [0.3, 0.4) is 0 Å². The Kier molecular flexibility index (Phi) is 4.07. The zero-order valence-corrected chi connectivity index (χ0v) is 13.0. The standard InChI is InChI=1S/C15H28N4/c1-10(2)8-9-19(12-6-7-12)15-13(16)14(11(3)4)17-18(15)5/h10-12H,6-9,16H2,1-5H3. The van der Waals surface area contributed by atoms with Crippen LogP contribution in [0.2, 0.25) is 0 Å². The first-order valence-electron chi connectivity index (χ1n) is 7.50. The molecule has 0 amide bonds. The fourth-order valence-electron chi connectivity index (χ4n) is 2.56. The molecule has 1 heterocycles. The first-order valence-corrected chi connectivity index (χ1v) is 7.50. The average molecular weight is 264 g/mol. The summed E-state index contributed by atoms with van der Waals surface area (Å²) in [6.07, 6.45) is 3.79. The Morgan fingerprint density at radius 1 is 1.32 bits per heavy atom. The van der Waals surface area contributed by atoms with E-state index in [-0.39, 0.29) is 0 Å². The third-order valence-corrected chi connectivity index (χ3v) is 3.84. The Morgan fingerprint density at radius 3 is 2.37 bits per heavy atom. The number of hydrogen-bond acceptors (Lipinski definition) is 3. The van der Waals surface area contributed by atoms with E-state index >= 15 is 0 Å². The van der Waals surface area contributed by atoms with E-state index in [9.17, 15) is 0 Å². The highest BCUT2D eigenvalue weighted by molar-refractivity contribution is 5.68. The quantitative estimate of drug-likeness (QED) is 0.858. The Bertz CT molecular complexity index is 430. The first-order chi connectivity index (χ1) is 8.91. The van der Waals surface area contributed by atoms with Crippen LogP contribution in [-0.4, -0.2) is 22.4 Å². The summed E-state index contributed by atoms with van der Waals surface area (Å²) in [5.74, 6) is 2.23. The molecule has 4 heteroatoms. The summed E-state index contributed by atoms with van der Waals surface area (Å²) >= 11 is 0. The van der Waals surface area contributed by atoms with Crippen LogP contribution in [0.1, 0.15) is 58.6 Å². The fourth-order valence-corrected chi connectivity index (χ4v) is 2.56. The van der Waals surface area contributed by atoms with Gasteiger partial charge in [0.15, 0.2) is 5.82 Å². The molecule has 19 heavy (non-hydrogen) atoms. The van der Waals surface area contributed by atoms with Crippen LogP contribution in [0.5, 0.6) is 0 Å². The molecule has 0 aromatic carbocycles. The molecule has 2 N–H and O–H groups in total. The lowest BCUT2D eigenvalue weighted by Gasteiger charge is -2.26. The van der Waals surface area contributed by atoms with Crippen LogP contribution in [0, 0.1) is 5.92 Å². The van der Waals surface area contributed by atoms with Crippen molar-refractivity contribution < 1.29 is 0 Å². The van der Waals surface area contributed by atoms with E-state index in [0.717, 1.165) is 29.7 Å². The van der Waals surface area contributed by atoms with Crippen molar-refractivity contribution in [3.63, 3.8) is 0 Å². The summed E-state index contributed by atoms with van der Waals surface area (Å²) in [6.45, 7) is 9.94. The molecule has 2 rings (SSSR count). The molecule has 0 saturated heterocycles. The van der Waals surface area contributed by atoms with Gasteiger partial charge in [0, 0.05) is 19.6 Å². The minimum absolute atomic E-state index is 0.381. The van der Waals surface area contributed by atoms with Gasteiger partial charge < -0.3 is 10.6 Å². The average Bonchev–Trinajstić information content (AvgIpc) is 3.09. The number of nitrogens with zero attached hydrogens (tertiary/aromatic N) is 3. The Labute approximate surface area is 117 Å². The fraction of sp³-hybridized carbons (Fsp3) is 0.800. The number of aromatic nitrogens is 2. The molecule has 1 aromatic heterocycles. The number of aryl methyl sites for hydroxylation is 1. The molecule has 0 unspecified atom stereocenters. The highest BCUT2D eigenvalue weighted by atomic mass is 15.4. The van der Waals surface area contributed by atoms with E-state index in [1.54, 1.807) is 0 Å². The van der Waals surface area contributed by atoms with Crippen molar-refractivity contribution in [1.29, 1.82) is 0 Å². The van der Waals surface area contributed by atoms with Crippen molar-refractivity contribution in [3.05, 3.63) is 5.69 Å². The molecule has 0 spiro atoms. The summed E-state index contributed by atoms with van der Waals surface area (Å²) in [5, 5.41) is 4.62. The normalized spacial score (nSPS) is 15.5. The van der Waals surface area contributed by atoms with E-state index in [1.807, 2.05) is 11.7 Å². The SMILES string of the molecule is CC(C)CCN(c1c(N)c(C(C)C)nn1C)C1CC1. The van der Waals surface area contributed by atoms with Gasteiger partial charge >= 0.3 is 0 Å². The summed E-state index contributed by atoms with van der Waals surface area (Å²) in [7, 11) is 2.02. The number of hydrogen-bond donors (Lipinski definition) is 1. The van der Waals surface area contributed by atoms with E-state index in [2.05, 4.69) is 37.7 Å². The zero-order valence-electron chi connectivity index (χ0n) is 13.0. The highest BCUT2D eigenvalue weighted by Crippen LogP contribution is 2.37. The van der Waals surface area contributed by atoms with E-state index in [0.29, 0.717) is 12.0 Å². The predicted octanol–water partition coefficient (Wildman–Crippen LogP) is 3.14. The van der Waals surface area contributed by atoms with Crippen molar-refractivity contribution in [2.24, 2.45) is 13.0 Å². The van der Waals surface area contributed by atoms with E-state index in [1.165, 1.54) is 19.3 Å². The van der Waals surface area contributed by atoms with Crippen molar-refractivity contribution in [2.75, 3.05) is 17.2 Å². The number of nitrogens with two attached hydrogens (primary N) is 1. The van der Waals surface area contributed by atoms with Gasteiger partial charge in [-0.25, -0.2) is 0 Å². The molecule has 1 aliphatic rings. The van der Waals surface area contributed by atoms with E-state index in [4.69, 9.17) is 5.73 Å². The smallest absolute Gasteiger partial charge is 0.150 e. The van der Waals surface area contributed by atoms with Crippen molar-refractivity contribution in [3.8, 4) is 0 Å². The van der Waals surface area contributed by atoms with Gasteiger partial charge in [-0.2, -0.15) is 5.10 Å². The second-order valence-electron chi connectivity index (χ2n) is 6.51. The van der Waals surface area contributed by atoms with Crippen LogP contribution in [0.25, 0.3) is 0 Å². The van der Waals surface area contributed by atoms with Gasteiger partial charge in [-0.15, -0.1) is 0 Å². The molecule has 1 fully saturated rings. The molecule has 0 radical (unpaired) electrons. The second-order valence-corrected chi connectivity index (χ2v) is 6.51. The molecule has 4 nitrogen and oxygen atoms in total. The maximum absolute atomic E-state index is 6.35. The maximum atomic E-state index is 6.35. The topological polar surface area (TPSA) is 47.1 Å². The molecule has 0 aliphatic heterocycles. The van der Waals surface area contributed by atoms with Gasteiger partial charge in [0.05, 0.1) is 11.4 Å². The summed E-state index contributed by atoms with van der Waals surface area (Å²) in [5.41, 5.74) is 8.27. The van der Waals surface area contributed by atoms with Gasteiger partial charge in [-0.3, -0.25) is 4.68 Å². The molecular weight excluding hydrogens is 236 g/mol. The first kappa shape index (κ1) is 14.2. The second kappa shape index (κ2) is 5.43. The van der Waals surface area contributed by atoms with Gasteiger partial charge in [-0.05, 0) is 31.1 Å². The summed E-state index contributed by atoms with van der Waals surface area (Å²) in [4.78, 5) is 2.48. The van der Waals surface area contributed by atoms with Crippen molar-refractivity contribution in [2.45, 2.75) is 58.9 Å². The maximum Gasteiger partial charge on any atom is 0.150 e. The minimum Gasteiger partial charge on any atom is -0.394 e. The van der Waals surface area contributed by atoms with Gasteiger partial charge in [0.25, 0.3) is 0 Å². The highest BCUT2D eigenvalue weighted by Gasteiger charge is 2.33. The minimum atomic E-state index is 0.381. The monoisotopic (exact) mass is 264 g/mol. The third-order valence-electron chi connectivity index (χ3n) is 3.84. The van der Waals surface area contributed by atoms with Crippen LogP contribution in [-0.2, 0) is 7.05 Å². The Morgan fingerprint density at radius 2 is 1.95 bits per heavy atom. The van der Waals surface area contributed by atoms with Gasteiger partial charge in [0.1, 0.15) is 0 Å². The number of nitrogen functional groups attached to an aromatic ring is 1. The molecule has 0 bridgehead atoms. The number of rotatable bonds is 6. The largest absolute Gasteiger partial charge is 0.394 e. The van der Waals surface area contributed by atoms with Crippen LogP contribution in [0.4, 0.5) is 11.5 Å². The lowest BCUT2D eigenvalue weighted by atomic mass is 10.1. The summed E-state index contributed by atoms with van der Waals surface area (Å²) in [6, 6.07) is 0.677. The zero-order chi connectivity index (χ0) is 14.2. The van der Waals surface area contributed by atoms with Crippen LogP contribution < -0.4 is 10.6 Å². The predicted molar refractivity (Wildman–Crippen MR) is 81.5 cm³/mol. The Balaban J connectivity index is 2.26. The third kappa shape index (κ3) is 3.04. The van der Waals surface area contributed by atoms with Gasteiger partial charge in [0.2, 0.25) is 0 Å². The van der Waals surface area contributed by atoms with Gasteiger partial charge in [-0.1, -0.05) is 27.7 Å². The molecule has 1 aromatic rings. The van der Waals surface area contributed by atoms with Crippen LogP contribution >= 0.6 is 0 Å². The molecular formula is C15H28N4. The Hall–Kier alpha value is -1.19. The molecule has 108 valence electrons. The number of anilines is 2. The molecule has 0 atom stereocenters. The molecule has 1 aliphatic carbocycles. The van der Waals surface area contributed by atoms with E-state index < -0.39 is 0 Å². The van der Waals surface area contributed by atoms with Crippen molar-refractivity contribution in [1.82, 2.24) is 9.78 Å². The lowest BCUT2D eigenvalue weighted by molar-refractivity contribution is 0.561.